The van der Waals surface area contributed by atoms with Gasteiger partial charge in [0, 0.05) is 6.42 Å². The monoisotopic (exact) mass is 680 g/mol. The van der Waals surface area contributed by atoms with Crippen LogP contribution in [0.4, 0.5) is 0 Å². The Kier molecular flexibility index (Phi) is 29.1. The number of rotatable bonds is 31. The number of unbranched alkanes of at least 4 members (excludes halogenated alkanes) is 10. The van der Waals surface area contributed by atoms with Crippen LogP contribution in [0.5, 0.6) is 0 Å². The van der Waals surface area contributed by atoms with Crippen molar-refractivity contribution in [1.29, 1.82) is 0 Å². The Morgan fingerprint density at radius 1 is 0.745 bits per heavy atom. The third-order valence-corrected chi connectivity index (χ3v) is 8.37. The van der Waals surface area contributed by atoms with E-state index in [-0.39, 0.29) is 12.5 Å². The molecule has 0 rings (SSSR count). The quantitative estimate of drug-likeness (QED) is 0.0329. The minimum absolute atomic E-state index is 0.0148. The molecule has 0 aromatic heterocycles. The molecule has 0 spiro atoms. The van der Waals surface area contributed by atoms with Crippen LogP contribution in [0.1, 0.15) is 123 Å². The van der Waals surface area contributed by atoms with Crippen LogP contribution in [0.2, 0.25) is 0 Å². The number of nitrogens with one attached hydrogen (secondary N) is 1. The topological polar surface area (TPSA) is 108 Å². The Hall–Kier alpha value is -1.80. The van der Waals surface area contributed by atoms with Crippen LogP contribution in [-0.4, -0.2) is 68.5 Å². The first-order valence-electron chi connectivity index (χ1n) is 18.2. The molecular formula is C38H69N2O6P. The van der Waals surface area contributed by atoms with Crippen molar-refractivity contribution < 1.29 is 32.9 Å². The third kappa shape index (κ3) is 32.5. The zero-order chi connectivity index (χ0) is 35.1. The van der Waals surface area contributed by atoms with Crippen molar-refractivity contribution in [2.45, 2.75) is 135 Å². The van der Waals surface area contributed by atoms with Crippen molar-refractivity contribution in [3.8, 4) is 0 Å². The lowest BCUT2D eigenvalue weighted by molar-refractivity contribution is -0.870. The van der Waals surface area contributed by atoms with Crippen LogP contribution < -0.4 is 10.2 Å². The number of allylic oxidation sites excluding steroid dienone is 9. The number of quaternary nitrogens is 1. The number of amides is 1. The van der Waals surface area contributed by atoms with E-state index in [0.717, 1.165) is 83.5 Å². The fourth-order valence-corrected chi connectivity index (χ4v) is 5.16. The summed E-state index contributed by atoms with van der Waals surface area (Å²) in [5.74, 6) is -0.233. The van der Waals surface area contributed by atoms with Gasteiger partial charge in [-0.3, -0.25) is 9.36 Å². The summed E-state index contributed by atoms with van der Waals surface area (Å²) in [5.41, 5.74) is 0. The lowest BCUT2D eigenvalue weighted by atomic mass is 10.1. The minimum atomic E-state index is -4.59. The van der Waals surface area contributed by atoms with Crippen molar-refractivity contribution in [2.75, 3.05) is 40.9 Å². The van der Waals surface area contributed by atoms with Gasteiger partial charge in [-0.25, -0.2) is 0 Å². The molecule has 3 unspecified atom stereocenters. The number of phosphoric acid groups is 1. The van der Waals surface area contributed by atoms with Gasteiger partial charge in [-0.1, -0.05) is 113 Å². The number of phosphoric ester groups is 1. The van der Waals surface area contributed by atoms with Crippen LogP contribution >= 0.6 is 7.82 Å². The van der Waals surface area contributed by atoms with Crippen LogP contribution in [0.3, 0.4) is 0 Å². The van der Waals surface area contributed by atoms with Crippen LogP contribution in [0, 0.1) is 0 Å². The molecular weight excluding hydrogens is 611 g/mol. The summed E-state index contributed by atoms with van der Waals surface area (Å²) in [6.45, 7) is 4.44. The van der Waals surface area contributed by atoms with Gasteiger partial charge in [0.2, 0.25) is 5.91 Å². The van der Waals surface area contributed by atoms with E-state index in [1.807, 2.05) is 27.2 Å². The Morgan fingerprint density at radius 2 is 1.30 bits per heavy atom. The predicted molar refractivity (Wildman–Crippen MR) is 196 cm³/mol. The molecule has 0 heterocycles. The average Bonchev–Trinajstić information content (AvgIpc) is 3.01. The van der Waals surface area contributed by atoms with Gasteiger partial charge in [0.25, 0.3) is 7.82 Å². The Balaban J connectivity index is 4.69. The van der Waals surface area contributed by atoms with E-state index in [4.69, 9.17) is 9.05 Å². The van der Waals surface area contributed by atoms with E-state index in [1.54, 1.807) is 6.08 Å². The Labute approximate surface area is 288 Å². The Bertz CT molecular complexity index is 954. The van der Waals surface area contributed by atoms with Crippen LogP contribution in [0.15, 0.2) is 60.8 Å². The first-order valence-corrected chi connectivity index (χ1v) is 19.6. The summed E-state index contributed by atoms with van der Waals surface area (Å²) in [6.07, 6.45) is 36.9. The molecule has 9 heteroatoms. The molecule has 0 radical (unpaired) electrons. The standard InChI is InChI=1S/C38H69N2O6P/c1-6-8-10-12-14-16-18-20-22-24-26-28-30-32-38(42)39-36(35-46-47(43,44)45-34-33-40(3,4)5)37(41)31-29-27-25-23-21-19-17-15-13-11-9-7-2/h10,12-13,15-16,18,21,23,29,31,36-37,41H,6-9,11,14,17,19-20,22,24-28,30,32-35H2,1-5H3,(H-,39,42,43,44)/b12-10-,15-13+,18-16-,23-21+,31-29+. The molecule has 0 saturated heterocycles. The van der Waals surface area contributed by atoms with Gasteiger partial charge in [0.1, 0.15) is 13.2 Å². The highest BCUT2D eigenvalue weighted by molar-refractivity contribution is 7.45. The van der Waals surface area contributed by atoms with Crippen LogP contribution in [-0.2, 0) is 18.4 Å². The maximum Gasteiger partial charge on any atom is 0.268 e. The highest BCUT2D eigenvalue weighted by Gasteiger charge is 2.23. The average molecular weight is 681 g/mol. The molecule has 0 aliphatic rings. The summed E-state index contributed by atoms with van der Waals surface area (Å²) >= 11 is 0. The van der Waals surface area contributed by atoms with Crippen molar-refractivity contribution >= 4 is 13.7 Å². The number of aliphatic hydroxyl groups is 1. The number of hydrogen-bond acceptors (Lipinski definition) is 6. The number of nitrogens with zero attached hydrogens (tertiary/aromatic N) is 1. The van der Waals surface area contributed by atoms with Gasteiger partial charge in [0.05, 0.1) is 39.9 Å². The number of aliphatic hydroxyl groups excluding tert-OH is 1. The second kappa shape index (κ2) is 30.3. The van der Waals surface area contributed by atoms with Crippen molar-refractivity contribution in [3.63, 3.8) is 0 Å². The molecule has 1 amide bonds. The Morgan fingerprint density at radius 3 is 1.94 bits per heavy atom. The number of likely N-dealkylation sites (N-methyl/N-ethyl adjacent to an activating group) is 1. The zero-order valence-corrected chi connectivity index (χ0v) is 31.3. The van der Waals surface area contributed by atoms with Crippen LogP contribution in [0.25, 0.3) is 0 Å². The molecule has 0 saturated carbocycles. The molecule has 0 aliphatic heterocycles. The van der Waals surface area contributed by atoms with E-state index in [1.165, 1.54) is 19.3 Å². The fraction of sp³-hybridized carbons (Fsp3) is 0.711. The molecule has 3 atom stereocenters. The van der Waals surface area contributed by atoms with Gasteiger partial charge in [-0.05, 0) is 64.2 Å². The molecule has 0 bridgehead atoms. The second-order valence-corrected chi connectivity index (χ2v) is 14.6. The molecule has 272 valence electrons. The van der Waals surface area contributed by atoms with E-state index in [2.05, 4.69) is 67.8 Å². The molecule has 0 fully saturated rings. The summed E-state index contributed by atoms with van der Waals surface area (Å²) in [5, 5.41) is 13.6. The first kappa shape index (κ1) is 45.2. The van der Waals surface area contributed by atoms with Crippen molar-refractivity contribution in [1.82, 2.24) is 5.32 Å². The van der Waals surface area contributed by atoms with Gasteiger partial charge in [0.15, 0.2) is 0 Å². The molecule has 2 N–H and O–H groups in total. The first-order chi connectivity index (χ1) is 22.5. The summed E-state index contributed by atoms with van der Waals surface area (Å²) in [7, 11) is 1.21. The number of carbonyl (C=O) groups is 1. The molecule has 0 aromatic rings. The smallest absolute Gasteiger partial charge is 0.268 e. The maximum absolute atomic E-state index is 12.7. The van der Waals surface area contributed by atoms with Gasteiger partial charge < -0.3 is 28.8 Å². The van der Waals surface area contributed by atoms with Gasteiger partial charge >= 0.3 is 0 Å². The zero-order valence-electron chi connectivity index (χ0n) is 30.5. The van der Waals surface area contributed by atoms with Gasteiger partial charge in [-0.15, -0.1) is 0 Å². The fourth-order valence-electron chi connectivity index (χ4n) is 4.44. The third-order valence-electron chi connectivity index (χ3n) is 7.41. The predicted octanol–water partition coefficient (Wildman–Crippen LogP) is 8.49. The normalized spacial score (nSPS) is 15.5. The summed E-state index contributed by atoms with van der Waals surface area (Å²) in [4.78, 5) is 25.1. The summed E-state index contributed by atoms with van der Waals surface area (Å²) < 4.78 is 23.0. The highest BCUT2D eigenvalue weighted by atomic mass is 31.2. The maximum atomic E-state index is 12.7. The molecule has 0 aromatic carbocycles. The summed E-state index contributed by atoms with van der Waals surface area (Å²) in [6, 6.07) is -0.915. The SMILES string of the molecule is CCC/C=C\C/C=C\CCCCCCCC(=O)NC(COP(=O)([O-])OCC[N+](C)(C)C)C(O)/C=C/CC/C=C/CC/C=C/CCCC. The molecule has 8 nitrogen and oxygen atoms in total. The lowest BCUT2D eigenvalue weighted by Crippen LogP contribution is -2.45. The van der Waals surface area contributed by atoms with E-state index < -0.39 is 26.6 Å². The van der Waals surface area contributed by atoms with E-state index >= 15 is 0 Å². The molecule has 47 heavy (non-hydrogen) atoms. The number of carbonyl (C=O) groups excluding carboxylic acids is 1. The highest BCUT2D eigenvalue weighted by Crippen LogP contribution is 2.38. The second-order valence-electron chi connectivity index (χ2n) is 13.2. The largest absolute Gasteiger partial charge is 0.756 e. The number of hydrogen-bond donors (Lipinski definition) is 2. The van der Waals surface area contributed by atoms with E-state index in [9.17, 15) is 19.4 Å². The van der Waals surface area contributed by atoms with E-state index in [0.29, 0.717) is 17.4 Å². The minimum Gasteiger partial charge on any atom is -0.756 e. The molecule has 0 aliphatic carbocycles. The van der Waals surface area contributed by atoms with Crippen molar-refractivity contribution in [3.05, 3.63) is 60.8 Å². The van der Waals surface area contributed by atoms with Gasteiger partial charge in [-0.2, -0.15) is 0 Å². The van der Waals surface area contributed by atoms with Crippen molar-refractivity contribution in [2.24, 2.45) is 0 Å². The lowest BCUT2D eigenvalue weighted by Gasteiger charge is -2.29.